The number of halogens is 1. The van der Waals surface area contributed by atoms with Gasteiger partial charge in [-0.25, -0.2) is 4.79 Å². The number of fused-ring (bicyclic) bond motifs is 1. The van der Waals surface area contributed by atoms with E-state index in [0.717, 1.165) is 43.2 Å². The van der Waals surface area contributed by atoms with Gasteiger partial charge in [-0.1, -0.05) is 71.1 Å². The largest absolute Gasteiger partial charge is 0.463 e. The summed E-state index contributed by atoms with van der Waals surface area (Å²) in [5.41, 5.74) is 2.77. The number of hydrogen-bond acceptors (Lipinski definition) is 5. The lowest BCUT2D eigenvalue weighted by molar-refractivity contribution is -0.147. The zero-order valence-electron chi connectivity index (χ0n) is 21.7. The zero-order chi connectivity index (χ0) is 26.2. The van der Waals surface area contributed by atoms with Gasteiger partial charge in [-0.2, -0.15) is 0 Å². The number of hydrogen-bond donors (Lipinski definition) is 0. The minimum absolute atomic E-state index is 0.0633. The lowest BCUT2D eigenvalue weighted by atomic mass is 9.86. The second-order valence-electron chi connectivity index (χ2n) is 10.4. The third kappa shape index (κ3) is 7.66. The summed E-state index contributed by atoms with van der Waals surface area (Å²) < 4.78 is 19.7. The molecule has 37 heavy (non-hydrogen) atoms. The van der Waals surface area contributed by atoms with E-state index in [1.54, 1.807) is 0 Å². The van der Waals surface area contributed by atoms with E-state index in [2.05, 4.69) is 40.8 Å². The molecule has 2 aromatic rings. The molecule has 0 aromatic heterocycles. The molecule has 2 aliphatic rings. The van der Waals surface area contributed by atoms with Crippen LogP contribution < -0.4 is 0 Å². The van der Waals surface area contributed by atoms with Crippen LogP contribution in [0.5, 0.6) is 0 Å². The van der Waals surface area contributed by atoms with Gasteiger partial charge in [-0.3, -0.25) is 4.79 Å². The molecule has 0 radical (unpaired) electrons. The topological polar surface area (TPSA) is 61.8 Å². The molecule has 2 aromatic carbocycles. The molecule has 1 aliphatic carbocycles. The first kappa shape index (κ1) is 27.8. The molecular weight excluding hydrogens is 579 g/mol. The highest BCUT2D eigenvalue weighted by Gasteiger charge is 2.46. The highest BCUT2D eigenvalue weighted by Crippen LogP contribution is 2.43. The summed E-state index contributed by atoms with van der Waals surface area (Å²) in [6.45, 7) is 4.45. The molecule has 2 fully saturated rings. The van der Waals surface area contributed by atoms with Crippen LogP contribution in [-0.2, 0) is 19.0 Å². The molecule has 1 saturated heterocycles. The Balaban J connectivity index is 1.32. The molecule has 198 valence electrons. The first-order valence-corrected chi connectivity index (χ1v) is 14.6. The van der Waals surface area contributed by atoms with Gasteiger partial charge in [0.15, 0.2) is 0 Å². The highest BCUT2D eigenvalue weighted by molar-refractivity contribution is 14.1. The minimum Gasteiger partial charge on any atom is -0.463 e. The van der Waals surface area contributed by atoms with E-state index < -0.39 is 0 Å². The Morgan fingerprint density at radius 2 is 1.78 bits per heavy atom. The van der Waals surface area contributed by atoms with Crippen LogP contribution in [0.4, 0.5) is 0 Å². The Labute approximate surface area is 234 Å². The molecule has 1 aliphatic heterocycles. The highest BCUT2D eigenvalue weighted by atomic mass is 127. The van der Waals surface area contributed by atoms with E-state index in [-0.39, 0.29) is 36.2 Å². The first-order valence-electron chi connectivity index (χ1n) is 13.4. The van der Waals surface area contributed by atoms with Crippen LogP contribution in [0.15, 0.2) is 64.8 Å². The number of carbonyl (C=O) groups is 2. The fourth-order valence-corrected chi connectivity index (χ4v) is 6.10. The zero-order valence-corrected chi connectivity index (χ0v) is 23.8. The van der Waals surface area contributed by atoms with Crippen LogP contribution in [0.1, 0.15) is 62.7 Å². The molecule has 5 atom stereocenters. The van der Waals surface area contributed by atoms with E-state index in [4.69, 9.17) is 14.2 Å². The predicted molar refractivity (Wildman–Crippen MR) is 153 cm³/mol. The van der Waals surface area contributed by atoms with Crippen molar-refractivity contribution in [3.8, 4) is 11.1 Å². The summed E-state index contributed by atoms with van der Waals surface area (Å²) in [4.78, 5) is 24.9. The van der Waals surface area contributed by atoms with Crippen molar-refractivity contribution >= 4 is 34.5 Å². The molecule has 6 heteroatoms. The SMILES string of the molecule is CC(C)OC(=O)CCCC1CCC2C(/C=C/I)C(OC(=O)c3ccc(-c4ccccc4)cc3)C[C@@H]2OC1. The number of benzene rings is 2. The Morgan fingerprint density at radius 1 is 1.05 bits per heavy atom. The summed E-state index contributed by atoms with van der Waals surface area (Å²) in [5, 5.41) is 0. The van der Waals surface area contributed by atoms with Crippen LogP contribution in [0, 0.1) is 17.8 Å². The second kappa shape index (κ2) is 13.6. The molecule has 0 N–H and O–H groups in total. The molecular formula is C31H37IO5. The van der Waals surface area contributed by atoms with Crippen LogP contribution >= 0.6 is 22.6 Å². The van der Waals surface area contributed by atoms with Gasteiger partial charge >= 0.3 is 11.9 Å². The van der Waals surface area contributed by atoms with Gasteiger partial charge < -0.3 is 14.2 Å². The molecule has 1 saturated carbocycles. The molecule has 5 nitrogen and oxygen atoms in total. The van der Waals surface area contributed by atoms with E-state index in [9.17, 15) is 9.59 Å². The Kier molecular flexibility index (Phi) is 10.2. The van der Waals surface area contributed by atoms with Crippen molar-refractivity contribution in [1.82, 2.24) is 0 Å². The van der Waals surface area contributed by atoms with Crippen LogP contribution in [0.25, 0.3) is 11.1 Å². The maximum atomic E-state index is 13.0. The summed E-state index contributed by atoms with van der Waals surface area (Å²) in [7, 11) is 0. The molecule has 4 rings (SSSR count). The van der Waals surface area contributed by atoms with Gasteiger partial charge in [0.1, 0.15) is 6.10 Å². The van der Waals surface area contributed by atoms with E-state index in [0.29, 0.717) is 30.4 Å². The lowest BCUT2D eigenvalue weighted by Crippen LogP contribution is -2.24. The number of esters is 2. The van der Waals surface area contributed by atoms with Crippen molar-refractivity contribution < 1.29 is 23.8 Å². The quantitative estimate of drug-likeness (QED) is 0.217. The summed E-state index contributed by atoms with van der Waals surface area (Å²) in [6, 6.07) is 17.8. The number of ether oxygens (including phenoxy) is 3. The minimum atomic E-state index is -0.279. The summed E-state index contributed by atoms with van der Waals surface area (Å²) in [6.07, 6.45) is 7.09. The Morgan fingerprint density at radius 3 is 2.49 bits per heavy atom. The van der Waals surface area contributed by atoms with Crippen LogP contribution in [0.3, 0.4) is 0 Å². The summed E-state index contributed by atoms with van der Waals surface area (Å²) >= 11 is 2.25. The predicted octanol–water partition coefficient (Wildman–Crippen LogP) is 7.38. The smallest absolute Gasteiger partial charge is 0.338 e. The standard InChI is InChI=1S/C31H37IO5/c1-21(2)36-30(33)10-6-7-22-11-16-26-27(17-18-32)29(19-28(26)35-20-22)37-31(34)25-14-12-24(13-15-25)23-8-4-3-5-9-23/h3-5,8-9,12-15,17-18,21-22,26-29H,6-7,10-11,16,19-20H2,1-2H3/b18-17+/t22?,26?,27?,28-,29?/m0/s1. The average molecular weight is 617 g/mol. The van der Waals surface area contributed by atoms with Crippen LogP contribution in [-0.4, -0.2) is 36.9 Å². The molecule has 4 unspecified atom stereocenters. The van der Waals surface area contributed by atoms with Gasteiger partial charge in [0.05, 0.1) is 17.8 Å². The lowest BCUT2D eigenvalue weighted by Gasteiger charge is -2.22. The summed E-state index contributed by atoms with van der Waals surface area (Å²) in [5.74, 6) is 0.535. The normalized spacial score (nSPS) is 25.6. The van der Waals surface area contributed by atoms with E-state index >= 15 is 0 Å². The second-order valence-corrected chi connectivity index (χ2v) is 11.1. The van der Waals surface area contributed by atoms with Gasteiger partial charge in [-0.15, -0.1) is 0 Å². The third-order valence-corrected chi connectivity index (χ3v) is 7.88. The average Bonchev–Trinajstić information content (AvgIpc) is 3.07. The van der Waals surface area contributed by atoms with Gasteiger partial charge in [0.2, 0.25) is 0 Å². The van der Waals surface area contributed by atoms with Crippen molar-refractivity contribution in [3.63, 3.8) is 0 Å². The first-order chi connectivity index (χ1) is 17.9. The number of rotatable bonds is 9. The van der Waals surface area contributed by atoms with Crippen molar-refractivity contribution in [2.75, 3.05) is 6.61 Å². The maximum Gasteiger partial charge on any atom is 0.338 e. The van der Waals surface area contributed by atoms with Gasteiger partial charge in [0, 0.05) is 25.4 Å². The number of carbonyl (C=O) groups excluding carboxylic acids is 2. The molecule has 0 spiro atoms. The van der Waals surface area contributed by atoms with E-state index in [1.807, 2.05) is 60.4 Å². The fraction of sp³-hybridized carbons (Fsp3) is 0.484. The van der Waals surface area contributed by atoms with Crippen molar-refractivity contribution in [3.05, 3.63) is 70.3 Å². The molecule has 1 heterocycles. The molecule has 0 bridgehead atoms. The Bertz CT molecular complexity index is 1050. The van der Waals surface area contributed by atoms with Crippen LogP contribution in [0.2, 0.25) is 0 Å². The maximum absolute atomic E-state index is 13.0. The molecule has 0 amide bonds. The van der Waals surface area contributed by atoms with E-state index in [1.165, 1.54) is 0 Å². The fourth-order valence-electron chi connectivity index (χ4n) is 5.62. The van der Waals surface area contributed by atoms with Crippen molar-refractivity contribution in [1.29, 1.82) is 0 Å². The van der Waals surface area contributed by atoms with Gasteiger partial charge in [-0.05, 0) is 78.7 Å². The third-order valence-electron chi connectivity index (χ3n) is 7.46. The van der Waals surface area contributed by atoms with Crippen molar-refractivity contribution in [2.24, 2.45) is 17.8 Å². The Hall–Kier alpha value is -2.19. The van der Waals surface area contributed by atoms with Gasteiger partial charge in [0.25, 0.3) is 0 Å². The monoisotopic (exact) mass is 616 g/mol. The van der Waals surface area contributed by atoms with Crippen molar-refractivity contribution in [2.45, 2.75) is 70.7 Å².